The molecule has 128 valence electrons. The Bertz CT molecular complexity index is 745. The van der Waals surface area contributed by atoms with Crippen LogP contribution in [0.15, 0.2) is 41.3 Å². The Morgan fingerprint density at radius 3 is 2.79 bits per heavy atom. The van der Waals surface area contributed by atoms with Gasteiger partial charge in [0.05, 0.1) is 19.9 Å². The zero-order valence-corrected chi connectivity index (χ0v) is 13.6. The molecule has 1 aromatic heterocycles. The Balaban J connectivity index is 1.81. The van der Waals surface area contributed by atoms with Crippen LogP contribution < -0.4 is 25.7 Å². The number of anilines is 1. The van der Waals surface area contributed by atoms with Gasteiger partial charge in [0.25, 0.3) is 5.56 Å². The van der Waals surface area contributed by atoms with Crippen LogP contribution in [-0.2, 0) is 6.54 Å². The van der Waals surface area contributed by atoms with E-state index in [0.717, 1.165) is 0 Å². The molecule has 24 heavy (non-hydrogen) atoms. The zero-order valence-electron chi connectivity index (χ0n) is 13.6. The molecule has 0 saturated carbocycles. The van der Waals surface area contributed by atoms with Crippen molar-refractivity contribution >= 4 is 11.7 Å². The van der Waals surface area contributed by atoms with Crippen LogP contribution >= 0.6 is 0 Å². The molecule has 2 aromatic rings. The van der Waals surface area contributed by atoms with Gasteiger partial charge < -0.3 is 20.1 Å². The Morgan fingerprint density at radius 1 is 1.25 bits per heavy atom. The summed E-state index contributed by atoms with van der Waals surface area (Å²) in [4.78, 5) is 23.4. The van der Waals surface area contributed by atoms with Crippen LogP contribution in [-0.4, -0.2) is 36.6 Å². The number of nitrogens with one attached hydrogen (secondary N) is 2. The van der Waals surface area contributed by atoms with E-state index in [2.05, 4.69) is 15.7 Å². The Morgan fingerprint density at radius 2 is 2.08 bits per heavy atom. The molecule has 0 bridgehead atoms. The summed E-state index contributed by atoms with van der Waals surface area (Å²) in [5.74, 6) is 1.14. The SMILES string of the molecule is COc1ccc(NC(=O)NCCCn2ncccc2=O)c(OC)c1. The number of rotatable bonds is 7. The van der Waals surface area contributed by atoms with Gasteiger partial charge in [-0.25, -0.2) is 9.48 Å². The van der Waals surface area contributed by atoms with E-state index in [0.29, 0.717) is 36.7 Å². The van der Waals surface area contributed by atoms with Crippen molar-refractivity contribution in [3.05, 3.63) is 46.9 Å². The fourth-order valence-corrected chi connectivity index (χ4v) is 2.05. The van der Waals surface area contributed by atoms with Crippen LogP contribution in [0.25, 0.3) is 0 Å². The van der Waals surface area contributed by atoms with Gasteiger partial charge in [-0.05, 0) is 24.6 Å². The lowest BCUT2D eigenvalue weighted by Crippen LogP contribution is -2.31. The standard InChI is InChI=1S/C16H20N4O4/c1-23-12-6-7-13(14(11-12)24-2)19-16(22)17-8-4-10-20-15(21)5-3-9-18-20/h3,5-7,9,11H,4,8,10H2,1-2H3,(H2,17,19,22). The molecule has 0 aliphatic carbocycles. The minimum atomic E-state index is -0.355. The number of amides is 2. The van der Waals surface area contributed by atoms with Crippen LogP contribution in [0, 0.1) is 0 Å². The van der Waals surface area contributed by atoms with Crippen molar-refractivity contribution in [1.82, 2.24) is 15.1 Å². The summed E-state index contributed by atoms with van der Waals surface area (Å²) in [6.45, 7) is 0.846. The molecule has 2 rings (SSSR count). The van der Waals surface area contributed by atoms with Gasteiger partial charge in [0.15, 0.2) is 0 Å². The van der Waals surface area contributed by atoms with Crippen LogP contribution in [0.5, 0.6) is 11.5 Å². The van der Waals surface area contributed by atoms with Crippen molar-refractivity contribution in [3.8, 4) is 11.5 Å². The van der Waals surface area contributed by atoms with E-state index in [-0.39, 0.29) is 11.6 Å². The van der Waals surface area contributed by atoms with E-state index >= 15 is 0 Å². The topological polar surface area (TPSA) is 94.5 Å². The normalized spacial score (nSPS) is 10.1. The molecular formula is C16H20N4O4. The molecule has 2 amide bonds. The maximum atomic E-state index is 11.9. The van der Waals surface area contributed by atoms with Crippen LogP contribution in [0.4, 0.5) is 10.5 Å². The molecule has 0 atom stereocenters. The smallest absolute Gasteiger partial charge is 0.319 e. The molecule has 0 radical (unpaired) electrons. The molecule has 1 heterocycles. The lowest BCUT2D eigenvalue weighted by Gasteiger charge is -2.12. The zero-order chi connectivity index (χ0) is 17.4. The molecular weight excluding hydrogens is 312 g/mol. The molecule has 0 aliphatic rings. The number of aromatic nitrogens is 2. The van der Waals surface area contributed by atoms with Crippen molar-refractivity contribution in [1.29, 1.82) is 0 Å². The fraction of sp³-hybridized carbons (Fsp3) is 0.312. The van der Waals surface area contributed by atoms with Crippen molar-refractivity contribution in [2.45, 2.75) is 13.0 Å². The predicted octanol–water partition coefficient (Wildman–Crippen LogP) is 1.47. The van der Waals surface area contributed by atoms with Gasteiger partial charge in [0.2, 0.25) is 0 Å². The Labute approximate surface area is 139 Å². The number of nitrogens with zero attached hydrogens (tertiary/aromatic N) is 2. The molecule has 0 spiro atoms. The second-order valence-electron chi connectivity index (χ2n) is 4.89. The fourth-order valence-electron chi connectivity index (χ4n) is 2.05. The predicted molar refractivity (Wildman–Crippen MR) is 89.7 cm³/mol. The van der Waals surface area contributed by atoms with Gasteiger partial charge >= 0.3 is 6.03 Å². The third-order valence-corrected chi connectivity index (χ3v) is 3.27. The largest absolute Gasteiger partial charge is 0.497 e. The van der Waals surface area contributed by atoms with Crippen molar-refractivity contribution < 1.29 is 14.3 Å². The summed E-state index contributed by atoms with van der Waals surface area (Å²) in [5.41, 5.74) is 0.377. The maximum Gasteiger partial charge on any atom is 0.319 e. The summed E-state index contributed by atoms with van der Waals surface area (Å²) in [5, 5.41) is 9.38. The third kappa shape index (κ3) is 4.73. The first kappa shape index (κ1) is 17.3. The van der Waals surface area contributed by atoms with Gasteiger partial charge in [0, 0.05) is 31.4 Å². The second kappa shape index (κ2) is 8.56. The van der Waals surface area contributed by atoms with Gasteiger partial charge in [-0.15, -0.1) is 0 Å². The summed E-state index contributed by atoms with van der Waals surface area (Å²) in [6.07, 6.45) is 2.14. The van der Waals surface area contributed by atoms with E-state index in [4.69, 9.17) is 9.47 Å². The molecule has 8 heteroatoms. The van der Waals surface area contributed by atoms with Crippen LogP contribution in [0.2, 0.25) is 0 Å². The van der Waals surface area contributed by atoms with Gasteiger partial charge in [-0.2, -0.15) is 5.10 Å². The number of hydrogen-bond acceptors (Lipinski definition) is 5. The molecule has 0 unspecified atom stereocenters. The first-order valence-corrected chi connectivity index (χ1v) is 7.43. The number of hydrogen-bond donors (Lipinski definition) is 2. The first-order valence-electron chi connectivity index (χ1n) is 7.43. The lowest BCUT2D eigenvalue weighted by atomic mass is 10.2. The van der Waals surface area contributed by atoms with E-state index in [1.807, 2.05) is 0 Å². The number of urea groups is 1. The first-order chi connectivity index (χ1) is 11.6. The third-order valence-electron chi connectivity index (χ3n) is 3.27. The lowest BCUT2D eigenvalue weighted by molar-refractivity contribution is 0.251. The second-order valence-corrected chi connectivity index (χ2v) is 4.89. The highest BCUT2D eigenvalue weighted by Crippen LogP contribution is 2.28. The molecule has 0 saturated heterocycles. The van der Waals surface area contributed by atoms with Gasteiger partial charge in [0.1, 0.15) is 11.5 Å². The van der Waals surface area contributed by atoms with Crippen molar-refractivity contribution in [2.24, 2.45) is 0 Å². The minimum absolute atomic E-state index is 0.162. The van der Waals surface area contributed by atoms with E-state index < -0.39 is 0 Å². The van der Waals surface area contributed by atoms with Crippen LogP contribution in [0.3, 0.4) is 0 Å². The van der Waals surface area contributed by atoms with Crippen molar-refractivity contribution in [3.63, 3.8) is 0 Å². The summed E-state index contributed by atoms with van der Waals surface area (Å²) >= 11 is 0. The Hall–Kier alpha value is -3.03. The number of carbonyl (C=O) groups is 1. The molecule has 2 N–H and O–H groups in total. The average molecular weight is 332 g/mol. The van der Waals surface area contributed by atoms with E-state index in [1.165, 1.54) is 17.9 Å². The highest BCUT2D eigenvalue weighted by atomic mass is 16.5. The number of carbonyl (C=O) groups excluding carboxylic acids is 1. The van der Waals surface area contributed by atoms with Gasteiger partial charge in [-0.3, -0.25) is 4.79 Å². The number of benzene rings is 1. The monoisotopic (exact) mass is 332 g/mol. The van der Waals surface area contributed by atoms with Crippen molar-refractivity contribution in [2.75, 3.05) is 26.1 Å². The number of ether oxygens (including phenoxy) is 2. The number of aryl methyl sites for hydroxylation is 1. The summed E-state index contributed by atoms with van der Waals surface area (Å²) in [6, 6.07) is 7.79. The van der Waals surface area contributed by atoms with E-state index in [1.54, 1.807) is 37.6 Å². The Kier molecular flexibility index (Phi) is 6.18. The van der Waals surface area contributed by atoms with E-state index in [9.17, 15) is 9.59 Å². The van der Waals surface area contributed by atoms with Gasteiger partial charge in [-0.1, -0.05) is 0 Å². The molecule has 0 aliphatic heterocycles. The maximum absolute atomic E-state index is 11.9. The highest BCUT2D eigenvalue weighted by Gasteiger charge is 2.08. The molecule has 0 fully saturated rings. The highest BCUT2D eigenvalue weighted by molar-refractivity contribution is 5.91. The molecule has 8 nitrogen and oxygen atoms in total. The minimum Gasteiger partial charge on any atom is -0.497 e. The summed E-state index contributed by atoms with van der Waals surface area (Å²) in [7, 11) is 3.07. The number of methoxy groups -OCH3 is 2. The average Bonchev–Trinajstić information content (AvgIpc) is 2.60. The summed E-state index contributed by atoms with van der Waals surface area (Å²) < 4.78 is 11.7. The van der Waals surface area contributed by atoms with Crippen LogP contribution in [0.1, 0.15) is 6.42 Å². The quantitative estimate of drug-likeness (QED) is 0.749. The molecule has 1 aromatic carbocycles.